The number of aryl methyl sites for hydroxylation is 2. The molecule has 1 fully saturated rings. The van der Waals surface area contributed by atoms with Crippen molar-refractivity contribution >= 4 is 17.2 Å². The van der Waals surface area contributed by atoms with Crippen LogP contribution < -0.4 is 0 Å². The van der Waals surface area contributed by atoms with Crippen LogP contribution in [0.5, 0.6) is 0 Å². The van der Waals surface area contributed by atoms with Gasteiger partial charge in [0.25, 0.3) is 5.91 Å². The van der Waals surface area contributed by atoms with Crippen molar-refractivity contribution in [3.05, 3.63) is 33.5 Å². The Morgan fingerprint density at radius 3 is 2.96 bits per heavy atom. The zero-order valence-electron chi connectivity index (χ0n) is 16.8. The normalized spacial score (nSPS) is 21.0. The van der Waals surface area contributed by atoms with Gasteiger partial charge in [-0.25, -0.2) is 4.98 Å². The van der Waals surface area contributed by atoms with Gasteiger partial charge in [0.05, 0.1) is 23.5 Å². The summed E-state index contributed by atoms with van der Waals surface area (Å²) in [4.78, 5) is 23.1. The van der Waals surface area contributed by atoms with Gasteiger partial charge < -0.3 is 9.64 Å². The van der Waals surface area contributed by atoms with Gasteiger partial charge in [-0.2, -0.15) is 5.10 Å². The third-order valence-corrected chi connectivity index (χ3v) is 6.72. The molecule has 0 bridgehead atoms. The molecule has 1 saturated heterocycles. The summed E-state index contributed by atoms with van der Waals surface area (Å²) >= 11 is 1.74. The minimum absolute atomic E-state index is 0.0845. The largest absolute Gasteiger partial charge is 0.383 e. The number of aromatic nitrogens is 3. The van der Waals surface area contributed by atoms with Gasteiger partial charge in [0.15, 0.2) is 0 Å². The molecule has 2 aromatic rings. The van der Waals surface area contributed by atoms with E-state index >= 15 is 0 Å². The van der Waals surface area contributed by atoms with Gasteiger partial charge in [0, 0.05) is 50.6 Å². The number of thiazole rings is 1. The number of rotatable bonds is 6. The lowest BCUT2D eigenvalue weighted by Gasteiger charge is -2.31. The van der Waals surface area contributed by atoms with E-state index in [1.165, 1.54) is 11.3 Å². The summed E-state index contributed by atoms with van der Waals surface area (Å²) in [6.45, 7) is 7.95. The van der Waals surface area contributed by atoms with Crippen LogP contribution in [-0.2, 0) is 17.8 Å². The number of nitrogens with zero attached hydrogens (tertiary/aromatic N) is 5. The SMILES string of the molecule is COCCN1CCCn2nc(C3CCCN(Cc4scnc4C)C3)cc2C1=O. The Hall–Kier alpha value is -1.77. The molecule has 4 rings (SSSR count). The van der Waals surface area contributed by atoms with Gasteiger partial charge in [-0.3, -0.25) is 14.4 Å². The number of fused-ring (bicyclic) bond motifs is 1. The molecule has 2 aliphatic heterocycles. The Bertz CT molecular complexity index is 817. The second-order valence-electron chi connectivity index (χ2n) is 7.75. The lowest BCUT2D eigenvalue weighted by Crippen LogP contribution is -2.34. The van der Waals surface area contributed by atoms with Crippen LogP contribution in [0, 0.1) is 6.92 Å². The number of carbonyl (C=O) groups excluding carboxylic acids is 1. The standard InChI is InChI=1S/C20H29N5O2S/c1-15-19(28-14-21-15)13-23-6-3-5-16(12-23)17-11-18-20(26)24(9-10-27-2)7-4-8-25(18)22-17/h11,14,16H,3-10,12-13H2,1-2H3. The van der Waals surface area contributed by atoms with Crippen LogP contribution in [0.2, 0.25) is 0 Å². The van der Waals surface area contributed by atoms with Crippen molar-refractivity contribution in [3.8, 4) is 0 Å². The lowest BCUT2D eigenvalue weighted by molar-refractivity contribution is 0.0698. The minimum atomic E-state index is 0.0845. The van der Waals surface area contributed by atoms with Gasteiger partial charge in [0.1, 0.15) is 5.69 Å². The van der Waals surface area contributed by atoms with Gasteiger partial charge in [-0.1, -0.05) is 0 Å². The number of methoxy groups -OCH3 is 1. The first-order chi connectivity index (χ1) is 13.7. The predicted molar refractivity (Wildman–Crippen MR) is 109 cm³/mol. The molecule has 0 radical (unpaired) electrons. The first-order valence-electron chi connectivity index (χ1n) is 10.1. The maximum Gasteiger partial charge on any atom is 0.272 e. The number of hydrogen-bond acceptors (Lipinski definition) is 6. The zero-order chi connectivity index (χ0) is 19.5. The highest BCUT2D eigenvalue weighted by Gasteiger charge is 2.29. The molecule has 2 aliphatic rings. The molecule has 4 heterocycles. The first-order valence-corrected chi connectivity index (χ1v) is 11.0. The van der Waals surface area contributed by atoms with Crippen LogP contribution >= 0.6 is 11.3 Å². The Morgan fingerprint density at radius 1 is 1.29 bits per heavy atom. The molecule has 2 aromatic heterocycles. The van der Waals surface area contributed by atoms with E-state index in [1.807, 2.05) is 21.2 Å². The third-order valence-electron chi connectivity index (χ3n) is 5.80. The van der Waals surface area contributed by atoms with Gasteiger partial charge in [-0.05, 0) is 38.8 Å². The Labute approximate surface area is 170 Å². The van der Waals surface area contributed by atoms with E-state index < -0.39 is 0 Å². The molecule has 1 atom stereocenters. The summed E-state index contributed by atoms with van der Waals surface area (Å²) in [5.41, 5.74) is 4.88. The molecule has 28 heavy (non-hydrogen) atoms. The number of hydrogen-bond donors (Lipinski definition) is 0. The summed E-state index contributed by atoms with van der Waals surface area (Å²) in [6, 6.07) is 2.04. The third kappa shape index (κ3) is 4.14. The molecular weight excluding hydrogens is 374 g/mol. The quantitative estimate of drug-likeness (QED) is 0.742. The smallest absolute Gasteiger partial charge is 0.272 e. The number of piperidine rings is 1. The van der Waals surface area contributed by atoms with E-state index in [4.69, 9.17) is 9.84 Å². The fourth-order valence-electron chi connectivity index (χ4n) is 4.19. The summed E-state index contributed by atoms with van der Waals surface area (Å²) in [5, 5.41) is 4.85. The van der Waals surface area contributed by atoms with E-state index in [-0.39, 0.29) is 5.91 Å². The summed E-state index contributed by atoms with van der Waals surface area (Å²) in [6.07, 6.45) is 3.24. The molecule has 152 valence electrons. The number of likely N-dealkylation sites (tertiary alicyclic amines) is 1. The molecular formula is C20H29N5O2S. The van der Waals surface area contributed by atoms with Crippen LogP contribution in [0.4, 0.5) is 0 Å². The van der Waals surface area contributed by atoms with Crippen molar-refractivity contribution in [1.29, 1.82) is 0 Å². The Morgan fingerprint density at radius 2 is 2.18 bits per heavy atom. The molecule has 0 spiro atoms. The average molecular weight is 404 g/mol. The highest BCUT2D eigenvalue weighted by atomic mass is 32.1. The number of ether oxygens (including phenoxy) is 1. The molecule has 8 heteroatoms. The van der Waals surface area contributed by atoms with Gasteiger partial charge in [0.2, 0.25) is 0 Å². The monoisotopic (exact) mass is 403 g/mol. The molecule has 0 saturated carbocycles. The van der Waals surface area contributed by atoms with E-state index in [9.17, 15) is 4.79 Å². The van der Waals surface area contributed by atoms with E-state index in [2.05, 4.69) is 16.8 Å². The fourth-order valence-corrected chi connectivity index (χ4v) is 5.01. The van der Waals surface area contributed by atoms with Crippen molar-refractivity contribution in [2.45, 2.75) is 45.2 Å². The second kappa shape index (κ2) is 8.71. The molecule has 0 aromatic carbocycles. The highest BCUT2D eigenvalue weighted by molar-refractivity contribution is 7.09. The predicted octanol–water partition coefficient (Wildman–Crippen LogP) is 2.52. The van der Waals surface area contributed by atoms with Crippen LogP contribution in [0.1, 0.15) is 51.9 Å². The summed E-state index contributed by atoms with van der Waals surface area (Å²) < 4.78 is 7.09. The van der Waals surface area contributed by atoms with Crippen molar-refractivity contribution in [2.75, 3.05) is 39.9 Å². The molecule has 0 aliphatic carbocycles. The Kier molecular flexibility index (Phi) is 6.08. The molecule has 0 N–H and O–H groups in total. The van der Waals surface area contributed by atoms with Crippen molar-refractivity contribution in [3.63, 3.8) is 0 Å². The maximum atomic E-state index is 12.9. The second-order valence-corrected chi connectivity index (χ2v) is 8.69. The average Bonchev–Trinajstić information content (AvgIpc) is 3.27. The van der Waals surface area contributed by atoms with Crippen LogP contribution in [0.3, 0.4) is 0 Å². The van der Waals surface area contributed by atoms with Crippen LogP contribution in [0.15, 0.2) is 11.6 Å². The molecule has 1 amide bonds. The van der Waals surface area contributed by atoms with Crippen molar-refractivity contribution in [2.24, 2.45) is 0 Å². The van der Waals surface area contributed by atoms with E-state index in [0.29, 0.717) is 19.1 Å². The maximum absolute atomic E-state index is 12.9. The van der Waals surface area contributed by atoms with Gasteiger partial charge >= 0.3 is 0 Å². The van der Waals surface area contributed by atoms with E-state index in [0.717, 1.165) is 62.6 Å². The van der Waals surface area contributed by atoms with Crippen LogP contribution in [0.25, 0.3) is 0 Å². The molecule has 7 nitrogen and oxygen atoms in total. The number of carbonyl (C=O) groups is 1. The van der Waals surface area contributed by atoms with Crippen molar-refractivity contribution in [1.82, 2.24) is 24.6 Å². The lowest BCUT2D eigenvalue weighted by atomic mass is 9.94. The summed E-state index contributed by atoms with van der Waals surface area (Å²) in [7, 11) is 1.67. The highest BCUT2D eigenvalue weighted by Crippen LogP contribution is 2.29. The fraction of sp³-hybridized carbons (Fsp3) is 0.650. The first kappa shape index (κ1) is 19.5. The van der Waals surface area contributed by atoms with Gasteiger partial charge in [-0.15, -0.1) is 11.3 Å². The number of amides is 1. The topological polar surface area (TPSA) is 63.5 Å². The minimum Gasteiger partial charge on any atom is -0.383 e. The van der Waals surface area contributed by atoms with Crippen molar-refractivity contribution < 1.29 is 9.53 Å². The zero-order valence-corrected chi connectivity index (χ0v) is 17.6. The Balaban J connectivity index is 1.47. The molecule has 1 unspecified atom stereocenters. The summed E-state index contributed by atoms with van der Waals surface area (Å²) in [5.74, 6) is 0.475. The van der Waals surface area contributed by atoms with Crippen LogP contribution in [-0.4, -0.2) is 70.4 Å². The van der Waals surface area contributed by atoms with E-state index in [1.54, 1.807) is 18.4 Å².